The number of carboxylic acids is 1. The maximum Gasteiger partial charge on any atom is 0.336 e. The molecule has 3 aromatic rings. The van der Waals surface area contributed by atoms with Crippen molar-refractivity contribution in [1.29, 1.82) is 0 Å². The van der Waals surface area contributed by atoms with Gasteiger partial charge in [0.1, 0.15) is 5.69 Å². The van der Waals surface area contributed by atoms with Gasteiger partial charge in [-0.05, 0) is 58.2 Å². The van der Waals surface area contributed by atoms with Crippen molar-refractivity contribution in [1.82, 2.24) is 4.98 Å². The van der Waals surface area contributed by atoms with Crippen LogP contribution >= 0.6 is 15.9 Å². The van der Waals surface area contributed by atoms with E-state index in [9.17, 15) is 9.90 Å². The minimum absolute atomic E-state index is 0.234. The normalized spacial score (nSPS) is 11.0. The predicted octanol–water partition coefficient (Wildman–Crippen LogP) is 4.52. The molecule has 0 saturated carbocycles. The number of aromatic nitrogens is 1. The zero-order chi connectivity index (χ0) is 15.0. The third-order valence-corrected chi connectivity index (χ3v) is 3.76. The number of rotatable bonds is 3. The molecule has 0 spiro atoms. The van der Waals surface area contributed by atoms with E-state index in [-0.39, 0.29) is 5.56 Å². The summed E-state index contributed by atoms with van der Waals surface area (Å²) in [6, 6.07) is 10.8. The second-order valence-corrected chi connectivity index (χ2v) is 5.45. The number of pyridine rings is 1. The van der Waals surface area contributed by atoms with Gasteiger partial charge in [-0.3, -0.25) is 0 Å². The quantitative estimate of drug-likeness (QED) is 0.757. The number of benzene rings is 1. The molecule has 0 amide bonds. The van der Waals surface area contributed by atoms with Gasteiger partial charge in [0.25, 0.3) is 0 Å². The lowest BCUT2D eigenvalue weighted by Crippen LogP contribution is -2.00. The van der Waals surface area contributed by atoms with Crippen molar-refractivity contribution >= 4 is 32.8 Å². The SMILES string of the molecule is CCc1ccc2nc(-c3ccc(Br)o3)cc(C(=O)O)c2c1. The highest BCUT2D eigenvalue weighted by atomic mass is 79.9. The average molecular weight is 346 g/mol. The van der Waals surface area contributed by atoms with E-state index < -0.39 is 5.97 Å². The molecule has 0 radical (unpaired) electrons. The van der Waals surface area contributed by atoms with Crippen molar-refractivity contribution in [3.8, 4) is 11.5 Å². The first-order valence-corrected chi connectivity index (χ1v) is 7.30. The Hall–Kier alpha value is -2.14. The van der Waals surface area contributed by atoms with Crippen LogP contribution in [0.4, 0.5) is 0 Å². The van der Waals surface area contributed by atoms with Crippen LogP contribution in [0, 0.1) is 0 Å². The van der Waals surface area contributed by atoms with E-state index in [1.165, 1.54) is 0 Å². The molecule has 0 unspecified atom stereocenters. The summed E-state index contributed by atoms with van der Waals surface area (Å²) >= 11 is 3.23. The number of halogens is 1. The lowest BCUT2D eigenvalue weighted by Gasteiger charge is -2.07. The van der Waals surface area contributed by atoms with Gasteiger partial charge in [-0.25, -0.2) is 9.78 Å². The number of furan rings is 1. The van der Waals surface area contributed by atoms with Gasteiger partial charge >= 0.3 is 5.97 Å². The van der Waals surface area contributed by atoms with Crippen molar-refractivity contribution in [3.05, 3.63) is 52.2 Å². The highest BCUT2D eigenvalue weighted by Crippen LogP contribution is 2.28. The van der Waals surface area contributed by atoms with Gasteiger partial charge in [-0.2, -0.15) is 0 Å². The topological polar surface area (TPSA) is 63.3 Å². The molecule has 0 aliphatic heterocycles. The molecule has 2 aromatic heterocycles. The third-order valence-electron chi connectivity index (χ3n) is 3.34. The van der Waals surface area contributed by atoms with Crippen LogP contribution < -0.4 is 0 Å². The summed E-state index contributed by atoms with van der Waals surface area (Å²) in [5, 5.41) is 10.1. The lowest BCUT2D eigenvalue weighted by molar-refractivity contribution is 0.0699. The number of fused-ring (bicyclic) bond motifs is 1. The van der Waals surface area contributed by atoms with Crippen molar-refractivity contribution in [2.45, 2.75) is 13.3 Å². The Labute approximate surface area is 129 Å². The molecule has 1 N–H and O–H groups in total. The minimum atomic E-state index is -0.970. The Morgan fingerprint density at radius 2 is 2.10 bits per heavy atom. The second-order valence-electron chi connectivity index (χ2n) is 4.67. The number of carbonyl (C=O) groups is 1. The Balaban J connectivity index is 2.28. The van der Waals surface area contributed by atoms with Gasteiger partial charge in [-0.1, -0.05) is 13.0 Å². The first-order valence-electron chi connectivity index (χ1n) is 6.51. The van der Waals surface area contributed by atoms with E-state index in [2.05, 4.69) is 20.9 Å². The lowest BCUT2D eigenvalue weighted by atomic mass is 10.0. The zero-order valence-electron chi connectivity index (χ0n) is 11.3. The van der Waals surface area contributed by atoms with Gasteiger partial charge in [0.05, 0.1) is 11.1 Å². The molecule has 0 bridgehead atoms. The first kappa shape index (κ1) is 13.8. The summed E-state index contributed by atoms with van der Waals surface area (Å²) in [4.78, 5) is 16.0. The Morgan fingerprint density at radius 1 is 1.29 bits per heavy atom. The smallest absolute Gasteiger partial charge is 0.336 e. The molecule has 2 heterocycles. The maximum absolute atomic E-state index is 11.5. The number of aromatic carboxylic acids is 1. The van der Waals surface area contributed by atoms with Crippen LogP contribution in [0.3, 0.4) is 0 Å². The molecule has 3 rings (SSSR count). The molecule has 0 aliphatic rings. The highest BCUT2D eigenvalue weighted by Gasteiger charge is 2.15. The minimum Gasteiger partial charge on any atom is -0.478 e. The summed E-state index contributed by atoms with van der Waals surface area (Å²) < 4.78 is 6.04. The predicted molar refractivity (Wildman–Crippen MR) is 83.5 cm³/mol. The van der Waals surface area contributed by atoms with Crippen LogP contribution in [0.5, 0.6) is 0 Å². The molecular weight excluding hydrogens is 334 g/mol. The maximum atomic E-state index is 11.5. The highest BCUT2D eigenvalue weighted by molar-refractivity contribution is 9.10. The van der Waals surface area contributed by atoms with Crippen LogP contribution in [-0.2, 0) is 6.42 Å². The van der Waals surface area contributed by atoms with Crippen molar-refractivity contribution in [3.63, 3.8) is 0 Å². The van der Waals surface area contributed by atoms with E-state index in [4.69, 9.17) is 4.42 Å². The summed E-state index contributed by atoms with van der Waals surface area (Å²) in [5.41, 5.74) is 2.47. The molecule has 1 aromatic carbocycles. The molecule has 106 valence electrons. The molecule has 0 aliphatic carbocycles. The van der Waals surface area contributed by atoms with Crippen molar-refractivity contribution in [2.75, 3.05) is 0 Å². The monoisotopic (exact) mass is 345 g/mol. The van der Waals surface area contributed by atoms with E-state index in [0.717, 1.165) is 12.0 Å². The van der Waals surface area contributed by atoms with Crippen LogP contribution in [0.15, 0.2) is 45.5 Å². The number of hydrogen-bond acceptors (Lipinski definition) is 3. The van der Waals surface area contributed by atoms with Crippen LogP contribution in [-0.4, -0.2) is 16.1 Å². The molecule has 0 fully saturated rings. The van der Waals surface area contributed by atoms with Gasteiger partial charge in [0, 0.05) is 5.39 Å². The molecular formula is C16H12BrNO3. The van der Waals surface area contributed by atoms with Crippen LogP contribution in [0.2, 0.25) is 0 Å². The second kappa shape index (κ2) is 5.33. The number of hydrogen-bond donors (Lipinski definition) is 1. The zero-order valence-corrected chi connectivity index (χ0v) is 12.8. The van der Waals surface area contributed by atoms with E-state index >= 15 is 0 Å². The first-order chi connectivity index (χ1) is 10.1. The van der Waals surface area contributed by atoms with Gasteiger partial charge in [0.2, 0.25) is 0 Å². The summed E-state index contributed by atoms with van der Waals surface area (Å²) in [7, 11) is 0. The van der Waals surface area contributed by atoms with E-state index in [1.807, 2.05) is 25.1 Å². The fraction of sp³-hybridized carbons (Fsp3) is 0.125. The molecule has 21 heavy (non-hydrogen) atoms. The standard InChI is InChI=1S/C16H12BrNO3/c1-2-9-3-4-12-10(7-9)11(16(19)20)8-13(18-12)14-5-6-15(17)21-14/h3-8H,2H2,1H3,(H,19,20). The van der Waals surface area contributed by atoms with Crippen molar-refractivity contribution in [2.24, 2.45) is 0 Å². The molecule has 5 heteroatoms. The fourth-order valence-corrected chi connectivity index (χ4v) is 2.55. The van der Waals surface area contributed by atoms with Gasteiger partial charge in [-0.15, -0.1) is 0 Å². The fourth-order valence-electron chi connectivity index (χ4n) is 2.25. The Kier molecular flexibility index (Phi) is 3.51. The van der Waals surface area contributed by atoms with E-state index in [1.54, 1.807) is 18.2 Å². The van der Waals surface area contributed by atoms with Gasteiger partial charge < -0.3 is 9.52 Å². The summed E-state index contributed by atoms with van der Waals surface area (Å²) in [6.45, 7) is 2.03. The Bertz CT molecular complexity index is 839. The number of aryl methyl sites for hydroxylation is 1. The third kappa shape index (κ3) is 2.56. The van der Waals surface area contributed by atoms with Crippen LogP contribution in [0.25, 0.3) is 22.4 Å². The average Bonchev–Trinajstić information content (AvgIpc) is 2.92. The summed E-state index contributed by atoms with van der Waals surface area (Å²) in [6.07, 6.45) is 0.849. The molecule has 4 nitrogen and oxygen atoms in total. The summed E-state index contributed by atoms with van der Waals surface area (Å²) in [5.74, 6) is -0.437. The molecule has 0 saturated heterocycles. The Morgan fingerprint density at radius 3 is 2.71 bits per heavy atom. The number of carboxylic acid groups (broad SMARTS) is 1. The van der Waals surface area contributed by atoms with Crippen molar-refractivity contribution < 1.29 is 14.3 Å². The van der Waals surface area contributed by atoms with Gasteiger partial charge in [0.15, 0.2) is 10.4 Å². The van der Waals surface area contributed by atoms with E-state index in [0.29, 0.717) is 27.0 Å². The van der Waals surface area contributed by atoms with Crippen LogP contribution in [0.1, 0.15) is 22.8 Å². The largest absolute Gasteiger partial charge is 0.478 e. The number of nitrogens with zero attached hydrogens (tertiary/aromatic N) is 1. The molecule has 0 atom stereocenters.